The summed E-state index contributed by atoms with van der Waals surface area (Å²) in [5.41, 5.74) is 2.20. The normalized spacial score (nSPS) is 13.4. The minimum absolute atomic E-state index is 0.0598. The fourth-order valence-corrected chi connectivity index (χ4v) is 10.1. The standard InChI is InChI=1S/C39H47BrN4O5S.C22H22BrN3O3S/c1-37(2,3)30-20-19-29(50-30)35(46)43-28(21-24-15-17-26(18-16-24)33-41-22-27(40)23-42-33)34(45)44-31(36(47)49-39(7,8)9)32(48-38(4,5)6)25-13-11-10-12-14-25;1-22(2,3)18-9-8-17(30-18)20(27)26-16(21(28)29)10-13-4-6-14(7-5-13)19-24-11-15(23)12-25-19/h10-20,22-23,28,31-32H,21H2,1-9H3,(H,43,46)(H,44,45);4-9,11-12,16H,10H2,1-3H3,(H,26,27)(H,28,29)/t28-,31?,32?;16-/m00/s1. The van der Waals surface area contributed by atoms with Gasteiger partial charge in [0.05, 0.1) is 24.3 Å². The van der Waals surface area contributed by atoms with Crippen LogP contribution in [-0.4, -0.2) is 84.0 Å². The van der Waals surface area contributed by atoms with Crippen molar-refractivity contribution in [3.05, 3.63) is 173 Å². The first-order valence-electron chi connectivity index (χ1n) is 25.9. The van der Waals surface area contributed by atoms with Crippen LogP contribution < -0.4 is 16.0 Å². The lowest BCUT2D eigenvalue weighted by Crippen LogP contribution is -2.55. The van der Waals surface area contributed by atoms with Gasteiger partial charge in [0.15, 0.2) is 17.7 Å². The van der Waals surface area contributed by atoms with E-state index < -0.39 is 53.3 Å². The van der Waals surface area contributed by atoms with Gasteiger partial charge in [-0.15, -0.1) is 22.7 Å². The summed E-state index contributed by atoms with van der Waals surface area (Å²) in [5, 5.41) is 18.1. The lowest BCUT2D eigenvalue weighted by molar-refractivity contribution is -0.168. The maximum Gasteiger partial charge on any atom is 0.332 e. The van der Waals surface area contributed by atoms with Crippen LogP contribution >= 0.6 is 54.5 Å². The number of amides is 3. The number of benzene rings is 3. The van der Waals surface area contributed by atoms with Crippen LogP contribution in [0.4, 0.5) is 0 Å². The average Bonchev–Trinajstić information content (AvgIpc) is 4.15. The molecule has 0 radical (unpaired) electrons. The van der Waals surface area contributed by atoms with Gasteiger partial charge in [0.25, 0.3) is 11.8 Å². The molecule has 2 unspecified atom stereocenters. The number of carboxylic acid groups (broad SMARTS) is 1. The van der Waals surface area contributed by atoms with Crippen molar-refractivity contribution in [2.24, 2.45) is 0 Å². The third-order valence-corrected chi connectivity index (χ3v) is 15.6. The number of rotatable bonds is 17. The molecule has 422 valence electrons. The molecule has 3 aromatic carbocycles. The molecule has 0 bridgehead atoms. The molecule has 0 saturated carbocycles. The number of halogens is 2. The summed E-state index contributed by atoms with van der Waals surface area (Å²) >= 11 is 9.44. The number of aromatic nitrogens is 4. The highest BCUT2D eigenvalue weighted by atomic mass is 79.9. The van der Waals surface area contributed by atoms with Crippen LogP contribution in [0.2, 0.25) is 0 Å². The van der Waals surface area contributed by atoms with Gasteiger partial charge in [0, 0.05) is 58.5 Å². The molecule has 7 aromatic rings. The summed E-state index contributed by atoms with van der Waals surface area (Å²) in [7, 11) is 0. The first-order valence-corrected chi connectivity index (χ1v) is 29.1. The maximum atomic E-state index is 14.4. The van der Waals surface area contributed by atoms with E-state index >= 15 is 0 Å². The zero-order valence-corrected chi connectivity index (χ0v) is 51.8. The van der Waals surface area contributed by atoms with E-state index in [1.165, 1.54) is 22.7 Å². The molecule has 0 aliphatic carbocycles. The first kappa shape index (κ1) is 62.7. The van der Waals surface area contributed by atoms with Gasteiger partial charge in [-0.1, -0.05) is 120 Å². The smallest absolute Gasteiger partial charge is 0.332 e. The van der Waals surface area contributed by atoms with Crippen LogP contribution in [0, 0.1) is 0 Å². The number of hydrogen-bond acceptors (Lipinski definition) is 13. The second kappa shape index (κ2) is 26.8. The molecule has 4 heterocycles. The highest BCUT2D eigenvalue weighted by molar-refractivity contribution is 9.10. The molecule has 80 heavy (non-hydrogen) atoms. The Balaban J connectivity index is 0.000000292. The molecule has 0 saturated heterocycles. The van der Waals surface area contributed by atoms with Crippen LogP contribution in [0.25, 0.3) is 22.8 Å². The summed E-state index contributed by atoms with van der Waals surface area (Å²) in [5.74, 6) is -1.90. The van der Waals surface area contributed by atoms with Gasteiger partial charge in [-0.25, -0.2) is 29.5 Å². The van der Waals surface area contributed by atoms with Crippen molar-refractivity contribution in [3.8, 4) is 22.8 Å². The molecule has 3 amide bonds. The SMILES string of the molecule is CC(C)(C)OC(=O)C(NC(=O)[C@H](Cc1ccc(-c2ncc(Br)cn2)cc1)NC(=O)c1ccc(C(C)(C)C)s1)C(OC(C)(C)C)c1ccccc1.CC(C)(C)c1ccc(C(=O)N[C@@H](Cc2ccc(-c3ncc(Br)cn3)cc2)C(=O)O)s1. The van der Waals surface area contributed by atoms with Gasteiger partial charge >= 0.3 is 11.9 Å². The topological polar surface area (TPSA) is 212 Å². The number of hydrogen-bond donors (Lipinski definition) is 4. The van der Waals surface area contributed by atoms with Crippen molar-refractivity contribution in [3.63, 3.8) is 0 Å². The molecule has 0 aliphatic rings. The molecular weight excluding hydrogens is 1180 g/mol. The van der Waals surface area contributed by atoms with Crippen LogP contribution in [0.5, 0.6) is 0 Å². The quantitative estimate of drug-likeness (QED) is 0.0627. The predicted molar refractivity (Wildman–Crippen MR) is 322 cm³/mol. The zero-order chi connectivity index (χ0) is 58.7. The summed E-state index contributed by atoms with van der Waals surface area (Å²) < 4.78 is 13.8. The van der Waals surface area contributed by atoms with Gasteiger partial charge in [-0.3, -0.25) is 14.4 Å². The van der Waals surface area contributed by atoms with Crippen molar-refractivity contribution in [1.82, 2.24) is 35.9 Å². The van der Waals surface area contributed by atoms with Crippen LogP contribution in [0.3, 0.4) is 0 Å². The summed E-state index contributed by atoms with van der Waals surface area (Å²) in [4.78, 5) is 86.6. The average molecular weight is 1250 g/mol. The Bertz CT molecular complexity index is 3220. The molecule has 4 aromatic heterocycles. The lowest BCUT2D eigenvalue weighted by atomic mass is 9.95. The van der Waals surface area contributed by atoms with E-state index in [-0.39, 0.29) is 35.5 Å². The van der Waals surface area contributed by atoms with Gasteiger partial charge in [-0.2, -0.15) is 0 Å². The molecule has 0 aliphatic heterocycles. The van der Waals surface area contributed by atoms with Crippen LogP contribution in [0.15, 0.2) is 137 Å². The molecular formula is C61H69Br2N7O8S2. The van der Waals surface area contributed by atoms with Crippen molar-refractivity contribution < 1.29 is 38.6 Å². The number of aliphatic carboxylic acids is 1. The lowest BCUT2D eigenvalue weighted by Gasteiger charge is -2.35. The monoisotopic (exact) mass is 1250 g/mol. The van der Waals surface area contributed by atoms with Gasteiger partial charge in [0.2, 0.25) is 5.91 Å². The summed E-state index contributed by atoms with van der Waals surface area (Å²) in [6.07, 6.45) is 6.13. The second-order valence-electron chi connectivity index (χ2n) is 23.1. The summed E-state index contributed by atoms with van der Waals surface area (Å²) in [6, 6.07) is 28.1. The Morgan fingerprint density at radius 1 is 0.537 bits per heavy atom. The highest BCUT2D eigenvalue weighted by Gasteiger charge is 2.39. The van der Waals surface area contributed by atoms with E-state index in [0.29, 0.717) is 27.0 Å². The Labute approximate surface area is 493 Å². The van der Waals surface area contributed by atoms with Crippen molar-refractivity contribution in [1.29, 1.82) is 0 Å². The number of nitrogens with one attached hydrogen (secondary N) is 3. The van der Waals surface area contributed by atoms with Gasteiger partial charge in [-0.05, 0) is 125 Å². The number of carboxylic acids is 1. The molecule has 7 rings (SSSR count). The van der Waals surface area contributed by atoms with Crippen LogP contribution in [-0.2, 0) is 47.5 Å². The third kappa shape index (κ3) is 18.8. The Morgan fingerprint density at radius 3 is 1.32 bits per heavy atom. The number of thiophene rings is 2. The van der Waals surface area contributed by atoms with Crippen molar-refractivity contribution in [2.45, 2.75) is 142 Å². The second-order valence-corrected chi connectivity index (χ2v) is 27.1. The Kier molecular flexibility index (Phi) is 21.0. The van der Waals surface area contributed by atoms with E-state index in [9.17, 15) is 29.1 Å². The molecule has 0 spiro atoms. The fourth-order valence-electron chi connectivity index (χ4n) is 7.80. The first-order chi connectivity index (χ1) is 37.4. The summed E-state index contributed by atoms with van der Waals surface area (Å²) in [6.45, 7) is 23.4. The Hall–Kier alpha value is -6.51. The molecule has 4 N–H and O–H groups in total. The Morgan fingerprint density at radius 2 is 0.950 bits per heavy atom. The minimum atomic E-state index is -1.23. The maximum absolute atomic E-state index is 14.4. The number of nitrogens with zero attached hydrogens (tertiary/aromatic N) is 4. The molecule has 19 heteroatoms. The van der Waals surface area contributed by atoms with Gasteiger partial charge < -0.3 is 30.5 Å². The van der Waals surface area contributed by atoms with Crippen molar-refractivity contribution >= 4 is 84.2 Å². The number of carbonyl (C=O) groups excluding carboxylic acids is 4. The number of ether oxygens (including phenoxy) is 2. The third-order valence-electron chi connectivity index (χ3n) is 11.8. The largest absolute Gasteiger partial charge is 0.480 e. The zero-order valence-electron chi connectivity index (χ0n) is 47.0. The van der Waals surface area contributed by atoms with Gasteiger partial charge in [0.1, 0.15) is 23.8 Å². The number of esters is 1. The van der Waals surface area contributed by atoms with E-state index in [1.807, 2.05) is 112 Å². The minimum Gasteiger partial charge on any atom is -0.480 e. The fraction of sp³-hybridized carbons (Fsp3) is 0.361. The van der Waals surface area contributed by atoms with E-state index in [2.05, 4.69) is 109 Å². The van der Waals surface area contributed by atoms with E-state index in [0.717, 1.165) is 41.0 Å². The molecule has 15 nitrogen and oxygen atoms in total. The van der Waals surface area contributed by atoms with Crippen LogP contribution in [0.1, 0.15) is 135 Å². The number of carbonyl (C=O) groups is 5. The predicted octanol–water partition coefficient (Wildman–Crippen LogP) is 12.7. The van der Waals surface area contributed by atoms with E-state index in [4.69, 9.17) is 9.47 Å². The molecule has 0 fully saturated rings. The molecule has 4 atom stereocenters. The highest BCUT2D eigenvalue weighted by Crippen LogP contribution is 2.32. The van der Waals surface area contributed by atoms with E-state index in [1.54, 1.807) is 57.7 Å². The van der Waals surface area contributed by atoms with Crippen molar-refractivity contribution in [2.75, 3.05) is 0 Å².